The zero-order chi connectivity index (χ0) is 11.5. The summed E-state index contributed by atoms with van der Waals surface area (Å²) >= 11 is 0. The second-order valence-corrected chi connectivity index (χ2v) is 2.30. The molecule has 2 aromatic rings. The van der Waals surface area contributed by atoms with Gasteiger partial charge in [-0.05, 0) is 21.1 Å². The number of rotatable bonds is 3. The first kappa shape index (κ1) is 9.47. The minimum absolute atomic E-state index is 0.0817. The van der Waals surface area contributed by atoms with Crippen molar-refractivity contribution >= 4 is 17.7 Å². The van der Waals surface area contributed by atoms with Gasteiger partial charge in [0.2, 0.25) is 5.95 Å². The van der Waals surface area contributed by atoms with Crippen molar-refractivity contribution in [1.82, 2.24) is 30.0 Å². The Labute approximate surface area is 84.9 Å². The van der Waals surface area contributed by atoms with E-state index in [1.54, 1.807) is 5.43 Å². The molecule has 16 heavy (non-hydrogen) atoms. The smallest absolute Gasteiger partial charge is 0.234 e. The summed E-state index contributed by atoms with van der Waals surface area (Å²) in [6.45, 7) is 0. The summed E-state index contributed by atoms with van der Waals surface area (Å²) in [6, 6.07) is 0. The fraction of sp³-hybridized carbons (Fsp3) is 0. The predicted molar refractivity (Wildman–Crippen MR) is 45.8 cm³/mol. The van der Waals surface area contributed by atoms with Crippen LogP contribution in [0.1, 0.15) is 0 Å². The van der Waals surface area contributed by atoms with Crippen LogP contribution in [0.3, 0.4) is 0 Å². The lowest BCUT2D eigenvalue weighted by atomic mass is 10.8. The number of hydrogen-bond acceptors (Lipinski definition) is 8. The van der Waals surface area contributed by atoms with E-state index >= 15 is 0 Å². The van der Waals surface area contributed by atoms with Crippen LogP contribution < -0.4 is 5.43 Å². The van der Waals surface area contributed by atoms with E-state index in [4.69, 9.17) is 5.53 Å². The van der Waals surface area contributed by atoms with Crippen LogP contribution >= 0.6 is 0 Å². The molecule has 0 bridgehead atoms. The number of anilines is 1. The highest BCUT2D eigenvalue weighted by molar-refractivity contribution is 5.39. The molecule has 13 nitrogen and oxygen atoms in total. The number of hydrazine groups is 1. The summed E-state index contributed by atoms with van der Waals surface area (Å²) in [5, 5.41) is 22.6. The molecule has 0 amide bonds. The molecule has 0 aliphatic heterocycles. The summed E-state index contributed by atoms with van der Waals surface area (Å²) in [5.41, 5.74) is 9.92. The van der Waals surface area contributed by atoms with Gasteiger partial charge in [-0.15, -0.1) is 4.52 Å². The molecule has 0 saturated heterocycles. The zero-order valence-electron chi connectivity index (χ0n) is 7.29. The third-order valence-corrected chi connectivity index (χ3v) is 1.39. The van der Waals surface area contributed by atoms with Crippen molar-refractivity contribution in [3.63, 3.8) is 0 Å². The molecule has 1 N–H and O–H groups in total. The van der Waals surface area contributed by atoms with Gasteiger partial charge in [-0.3, -0.25) is 0 Å². The van der Waals surface area contributed by atoms with E-state index in [-0.39, 0.29) is 17.7 Å². The van der Waals surface area contributed by atoms with Crippen LogP contribution in [0.4, 0.5) is 11.9 Å². The highest BCUT2D eigenvalue weighted by atomic mass is 16.7. The number of hydrogen-bond donors (Lipinski definition) is 1. The van der Waals surface area contributed by atoms with Gasteiger partial charge < -0.3 is 0 Å². The van der Waals surface area contributed by atoms with Crippen molar-refractivity contribution in [3.05, 3.63) is 20.6 Å². The maximum atomic E-state index is 10.3. The Hall–Kier alpha value is -3.08. The van der Waals surface area contributed by atoms with Crippen molar-refractivity contribution in [1.29, 1.82) is 0 Å². The summed E-state index contributed by atoms with van der Waals surface area (Å²) in [7, 11) is 0. The zero-order valence-corrected chi connectivity index (χ0v) is 7.29. The van der Waals surface area contributed by atoms with Gasteiger partial charge in [0.15, 0.2) is 5.03 Å². The lowest BCUT2D eigenvalue weighted by molar-refractivity contribution is -0.446. The van der Waals surface area contributed by atoms with Gasteiger partial charge in [0.25, 0.3) is 11.7 Å². The van der Waals surface area contributed by atoms with Crippen LogP contribution in [0.2, 0.25) is 0 Å². The van der Waals surface area contributed by atoms with Gasteiger partial charge >= 0.3 is 0 Å². The summed E-state index contributed by atoms with van der Waals surface area (Å²) in [5.74, 6) is -0.724. The molecule has 2 rings (SSSR count). The van der Waals surface area contributed by atoms with Gasteiger partial charge in [-0.2, -0.15) is 9.97 Å². The van der Waals surface area contributed by atoms with Crippen LogP contribution in [0.25, 0.3) is 16.2 Å². The molecule has 0 fully saturated rings. The van der Waals surface area contributed by atoms with Crippen LogP contribution in [0.5, 0.6) is 0 Å². The van der Waals surface area contributed by atoms with E-state index in [0.29, 0.717) is 0 Å². The van der Waals surface area contributed by atoms with Crippen molar-refractivity contribution in [3.8, 4) is 0 Å². The number of azide groups is 1. The lowest BCUT2D eigenvalue weighted by Crippen LogP contribution is -2.14. The van der Waals surface area contributed by atoms with Crippen LogP contribution in [0.15, 0.2) is 5.11 Å². The van der Waals surface area contributed by atoms with E-state index in [9.17, 15) is 10.1 Å². The van der Waals surface area contributed by atoms with Gasteiger partial charge in [0.05, 0.1) is 0 Å². The molecule has 0 saturated carbocycles. The topological polar surface area (TPSA) is 173 Å². The molecule has 0 aliphatic carbocycles. The Bertz CT molecular complexity index is 594. The van der Waals surface area contributed by atoms with Gasteiger partial charge in [0, 0.05) is 4.91 Å². The van der Waals surface area contributed by atoms with Gasteiger partial charge in [0.1, 0.15) is 0 Å². The molecule has 13 heteroatoms. The molecule has 0 aromatic carbocycles. The van der Waals surface area contributed by atoms with Crippen molar-refractivity contribution in [2.45, 2.75) is 0 Å². The van der Waals surface area contributed by atoms with Crippen LogP contribution in [-0.4, -0.2) is 35.0 Å². The number of nitrogens with one attached hydrogen (secondary N) is 1. The maximum absolute atomic E-state index is 10.3. The molecule has 2 aromatic heterocycles. The first-order valence-electron chi connectivity index (χ1n) is 3.63. The van der Waals surface area contributed by atoms with Crippen molar-refractivity contribution < 1.29 is 5.03 Å². The molecule has 0 unspecified atom stereocenters. The minimum atomic E-state index is -0.858. The molecule has 0 spiro atoms. The van der Waals surface area contributed by atoms with E-state index in [1.165, 1.54) is 0 Å². The first-order chi connectivity index (χ1) is 7.70. The van der Waals surface area contributed by atoms with Crippen LogP contribution in [0, 0.1) is 10.1 Å². The summed E-state index contributed by atoms with van der Waals surface area (Å²) in [4.78, 5) is 19.9. The second-order valence-electron chi connectivity index (χ2n) is 2.30. The SMILES string of the molecule is [N-]=[N+]=Nc1nc(N[N+](=O)[O-])n2nnnc2n1. The maximum Gasteiger partial charge on any atom is 0.292 e. The number of nitrogens with zero attached hydrogens (tertiary/aromatic N) is 10. The Morgan fingerprint density at radius 2 is 2.38 bits per heavy atom. The van der Waals surface area contributed by atoms with E-state index < -0.39 is 5.03 Å². The number of aromatic nitrogens is 6. The van der Waals surface area contributed by atoms with E-state index in [2.05, 4.69) is 35.5 Å². The van der Waals surface area contributed by atoms with Gasteiger partial charge in [-0.25, -0.2) is 10.1 Å². The fourth-order valence-electron chi connectivity index (χ4n) is 0.884. The fourth-order valence-corrected chi connectivity index (χ4v) is 0.884. The minimum Gasteiger partial charge on any atom is -0.234 e. The molecule has 0 radical (unpaired) electrons. The molecule has 0 aliphatic rings. The van der Waals surface area contributed by atoms with Crippen molar-refractivity contribution in [2.75, 3.05) is 5.43 Å². The Morgan fingerprint density at radius 3 is 3.06 bits per heavy atom. The quantitative estimate of drug-likeness (QED) is 0.237. The number of fused-ring (bicyclic) bond motifs is 1. The molecule has 2 heterocycles. The summed E-state index contributed by atoms with van der Waals surface area (Å²) in [6.07, 6.45) is 0. The van der Waals surface area contributed by atoms with Crippen molar-refractivity contribution in [2.24, 2.45) is 5.11 Å². The second kappa shape index (κ2) is 3.58. The normalized spacial score (nSPS) is 9.75. The number of nitro groups is 1. The Balaban J connectivity index is 2.62. The molecule has 80 valence electrons. The highest BCUT2D eigenvalue weighted by Gasteiger charge is 2.12. The number of tetrazole rings is 1. The average molecular weight is 223 g/mol. The monoisotopic (exact) mass is 223 g/mol. The van der Waals surface area contributed by atoms with Gasteiger partial charge in [-0.1, -0.05) is 10.5 Å². The largest absolute Gasteiger partial charge is 0.292 e. The molecular formula is C3HN11O2. The predicted octanol–water partition coefficient (Wildman–Crippen LogP) is -0.540. The molecular weight excluding hydrogens is 222 g/mol. The Morgan fingerprint density at radius 1 is 1.56 bits per heavy atom. The summed E-state index contributed by atoms with van der Waals surface area (Å²) < 4.78 is 0.888. The van der Waals surface area contributed by atoms with Crippen LogP contribution in [-0.2, 0) is 0 Å². The van der Waals surface area contributed by atoms with E-state index in [1.807, 2.05) is 0 Å². The standard InChI is InChI=1S/C3HN11O2/c4-10-7-1-5-2-8-11-12-13(2)3(6-1)9-14(15)16/h(H,5,6,8,9,12). The third-order valence-electron chi connectivity index (χ3n) is 1.39. The van der Waals surface area contributed by atoms with E-state index in [0.717, 1.165) is 4.52 Å². The average Bonchev–Trinajstić information content (AvgIpc) is 2.65. The Kier molecular flexibility index (Phi) is 2.12. The highest BCUT2D eigenvalue weighted by Crippen LogP contribution is 2.10. The first-order valence-corrected chi connectivity index (χ1v) is 3.63. The lowest BCUT2D eigenvalue weighted by Gasteiger charge is -1.98. The molecule has 0 atom stereocenters. The third kappa shape index (κ3) is 1.60.